The first-order valence-corrected chi connectivity index (χ1v) is 7.53. The topological polar surface area (TPSA) is 106 Å². The van der Waals surface area contributed by atoms with Crippen LogP contribution in [0.5, 0.6) is 5.75 Å². The molecule has 0 saturated carbocycles. The van der Waals surface area contributed by atoms with Crippen LogP contribution in [0.15, 0.2) is 35.5 Å². The van der Waals surface area contributed by atoms with Crippen molar-refractivity contribution in [2.24, 2.45) is 0 Å². The van der Waals surface area contributed by atoms with Crippen LogP contribution in [0.3, 0.4) is 0 Å². The summed E-state index contributed by atoms with van der Waals surface area (Å²) in [6.07, 6.45) is 2.71. The highest BCUT2D eigenvalue weighted by atomic mass is 32.2. The van der Waals surface area contributed by atoms with Gasteiger partial charge in [0, 0.05) is 12.1 Å². The zero-order valence-electron chi connectivity index (χ0n) is 11.6. The largest absolute Gasteiger partial charge is 0.496 e. The first-order valence-electron chi connectivity index (χ1n) is 6.05. The zero-order chi connectivity index (χ0) is 15.3. The molecule has 21 heavy (non-hydrogen) atoms. The Morgan fingerprint density at radius 3 is 2.71 bits per heavy atom. The molecule has 0 bridgehead atoms. The highest BCUT2D eigenvalue weighted by molar-refractivity contribution is 7.92. The van der Waals surface area contributed by atoms with Crippen LogP contribution in [0.25, 0.3) is 0 Å². The van der Waals surface area contributed by atoms with Crippen LogP contribution in [0.2, 0.25) is 0 Å². The molecule has 1 aromatic heterocycles. The van der Waals surface area contributed by atoms with Crippen molar-refractivity contribution >= 4 is 16.0 Å². The van der Waals surface area contributed by atoms with E-state index in [1.807, 2.05) is 0 Å². The molecule has 0 unspecified atom stereocenters. The molecular formula is C12H15N5O3S. The lowest BCUT2D eigenvalue weighted by atomic mass is 10.2. The standard InChI is InChI=1S/C12H15N5O3S/c1-13-8-9-7-10(3-4-11(9)20-2)21(18,19)17-12-14-5-6-15-16-12/h3-7,13H,8H2,1-2H3,(H,14,16,17). The van der Waals surface area contributed by atoms with Crippen LogP contribution in [-0.2, 0) is 16.6 Å². The number of ether oxygens (including phenoxy) is 1. The number of rotatable bonds is 6. The van der Waals surface area contributed by atoms with Gasteiger partial charge in [0.2, 0.25) is 0 Å². The maximum atomic E-state index is 12.3. The van der Waals surface area contributed by atoms with Crippen molar-refractivity contribution in [1.29, 1.82) is 0 Å². The molecule has 0 spiro atoms. The van der Waals surface area contributed by atoms with Gasteiger partial charge in [-0.05, 0) is 25.2 Å². The van der Waals surface area contributed by atoms with E-state index < -0.39 is 10.0 Å². The van der Waals surface area contributed by atoms with Gasteiger partial charge in [-0.15, -0.1) is 5.10 Å². The lowest BCUT2D eigenvalue weighted by Gasteiger charge is -2.11. The van der Waals surface area contributed by atoms with Gasteiger partial charge in [0.05, 0.1) is 24.4 Å². The molecule has 1 aromatic carbocycles. The zero-order valence-corrected chi connectivity index (χ0v) is 12.4. The van der Waals surface area contributed by atoms with E-state index in [-0.39, 0.29) is 10.8 Å². The summed E-state index contributed by atoms with van der Waals surface area (Å²) in [4.78, 5) is 3.88. The molecule has 0 aliphatic carbocycles. The van der Waals surface area contributed by atoms with E-state index in [4.69, 9.17) is 4.74 Å². The minimum atomic E-state index is -3.78. The molecule has 0 aliphatic heterocycles. The Morgan fingerprint density at radius 1 is 1.29 bits per heavy atom. The Balaban J connectivity index is 2.34. The minimum Gasteiger partial charge on any atom is -0.496 e. The number of hydrogen-bond acceptors (Lipinski definition) is 7. The van der Waals surface area contributed by atoms with Gasteiger partial charge in [0.25, 0.3) is 16.0 Å². The molecule has 9 heteroatoms. The summed E-state index contributed by atoms with van der Waals surface area (Å²) < 4.78 is 32.0. The van der Waals surface area contributed by atoms with Crippen molar-refractivity contribution in [2.45, 2.75) is 11.4 Å². The number of hydrogen-bond donors (Lipinski definition) is 2. The van der Waals surface area contributed by atoms with Crippen molar-refractivity contribution in [1.82, 2.24) is 20.5 Å². The van der Waals surface area contributed by atoms with E-state index in [2.05, 4.69) is 25.2 Å². The maximum absolute atomic E-state index is 12.3. The van der Waals surface area contributed by atoms with E-state index in [1.165, 1.54) is 31.6 Å². The van der Waals surface area contributed by atoms with Crippen LogP contribution in [0.1, 0.15) is 5.56 Å². The van der Waals surface area contributed by atoms with Gasteiger partial charge in [-0.3, -0.25) is 0 Å². The summed E-state index contributed by atoms with van der Waals surface area (Å²) in [5, 5.41) is 10.1. The van der Waals surface area contributed by atoms with Crippen molar-refractivity contribution < 1.29 is 13.2 Å². The summed E-state index contributed by atoms with van der Waals surface area (Å²) in [5.41, 5.74) is 0.731. The van der Waals surface area contributed by atoms with Gasteiger partial charge >= 0.3 is 0 Å². The lowest BCUT2D eigenvalue weighted by molar-refractivity contribution is 0.408. The lowest BCUT2D eigenvalue weighted by Crippen LogP contribution is -2.16. The molecule has 8 nitrogen and oxygen atoms in total. The summed E-state index contributed by atoms with van der Waals surface area (Å²) in [6, 6.07) is 4.59. The third-order valence-electron chi connectivity index (χ3n) is 2.64. The average molecular weight is 309 g/mol. The average Bonchev–Trinajstić information content (AvgIpc) is 2.48. The second-order valence-corrected chi connectivity index (χ2v) is 5.76. The third-order valence-corrected chi connectivity index (χ3v) is 3.96. The Labute approximate surface area is 122 Å². The van der Waals surface area contributed by atoms with Crippen molar-refractivity contribution in [3.63, 3.8) is 0 Å². The van der Waals surface area contributed by atoms with Crippen LogP contribution < -0.4 is 14.8 Å². The fraction of sp³-hybridized carbons (Fsp3) is 0.250. The second kappa shape index (κ2) is 6.46. The van der Waals surface area contributed by atoms with E-state index in [0.29, 0.717) is 12.3 Å². The van der Waals surface area contributed by atoms with E-state index >= 15 is 0 Å². The molecule has 0 atom stereocenters. The van der Waals surface area contributed by atoms with Gasteiger partial charge in [0.15, 0.2) is 0 Å². The number of benzene rings is 1. The molecule has 2 rings (SSSR count). The van der Waals surface area contributed by atoms with E-state index in [0.717, 1.165) is 5.56 Å². The van der Waals surface area contributed by atoms with Crippen molar-refractivity contribution in [3.8, 4) is 5.75 Å². The quantitative estimate of drug-likeness (QED) is 0.795. The maximum Gasteiger partial charge on any atom is 0.264 e. The second-order valence-electron chi connectivity index (χ2n) is 4.08. The number of nitrogens with zero attached hydrogens (tertiary/aromatic N) is 3. The monoisotopic (exact) mass is 309 g/mol. The Kier molecular flexibility index (Phi) is 4.66. The van der Waals surface area contributed by atoms with Gasteiger partial charge in [-0.25, -0.2) is 18.1 Å². The van der Waals surface area contributed by atoms with Crippen LogP contribution >= 0.6 is 0 Å². The van der Waals surface area contributed by atoms with E-state index in [9.17, 15) is 8.42 Å². The van der Waals surface area contributed by atoms with Crippen LogP contribution in [0, 0.1) is 0 Å². The first kappa shape index (κ1) is 15.1. The fourth-order valence-corrected chi connectivity index (χ4v) is 2.72. The number of anilines is 1. The molecule has 1 heterocycles. The molecule has 0 radical (unpaired) electrons. The minimum absolute atomic E-state index is 0.0801. The Morgan fingerprint density at radius 2 is 2.10 bits per heavy atom. The predicted octanol–water partition coefficient (Wildman–Crippen LogP) is 0.400. The molecule has 112 valence electrons. The molecule has 2 N–H and O–H groups in total. The SMILES string of the molecule is CNCc1cc(S(=O)(=O)Nc2nccnn2)ccc1OC. The molecule has 2 aromatic rings. The third kappa shape index (κ3) is 3.64. The summed E-state index contributed by atoms with van der Waals surface area (Å²) in [6.45, 7) is 0.482. The van der Waals surface area contributed by atoms with Crippen molar-refractivity contribution in [3.05, 3.63) is 36.2 Å². The van der Waals surface area contributed by atoms with Gasteiger partial charge in [0.1, 0.15) is 5.75 Å². The Bertz CT molecular complexity index is 706. The first-order chi connectivity index (χ1) is 10.1. The summed E-state index contributed by atoms with van der Waals surface area (Å²) in [7, 11) is -0.479. The van der Waals surface area contributed by atoms with Crippen molar-refractivity contribution in [2.75, 3.05) is 18.9 Å². The molecule has 0 fully saturated rings. The number of sulfonamides is 1. The smallest absolute Gasteiger partial charge is 0.264 e. The number of nitrogens with one attached hydrogen (secondary N) is 2. The summed E-state index contributed by atoms with van der Waals surface area (Å²) in [5.74, 6) is 0.532. The van der Waals surface area contributed by atoms with Gasteiger partial charge < -0.3 is 10.1 Å². The predicted molar refractivity (Wildman–Crippen MR) is 76.4 cm³/mol. The van der Waals surface area contributed by atoms with Crippen LogP contribution in [0.4, 0.5) is 5.95 Å². The van der Waals surface area contributed by atoms with Crippen LogP contribution in [-0.4, -0.2) is 37.8 Å². The molecule has 0 saturated heterocycles. The summed E-state index contributed by atoms with van der Waals surface area (Å²) >= 11 is 0. The van der Waals surface area contributed by atoms with Gasteiger partial charge in [-0.1, -0.05) is 0 Å². The molecule has 0 amide bonds. The number of aromatic nitrogens is 3. The van der Waals surface area contributed by atoms with Gasteiger partial charge in [-0.2, -0.15) is 5.10 Å². The fourth-order valence-electron chi connectivity index (χ4n) is 1.72. The normalized spacial score (nSPS) is 11.1. The Hall–Kier alpha value is -2.26. The molecule has 0 aliphatic rings. The van der Waals surface area contributed by atoms with E-state index in [1.54, 1.807) is 13.1 Å². The highest BCUT2D eigenvalue weighted by Gasteiger charge is 2.17. The number of methoxy groups -OCH3 is 1. The molecular weight excluding hydrogens is 294 g/mol. The highest BCUT2D eigenvalue weighted by Crippen LogP contribution is 2.23.